The number of aryl methyl sites for hydroxylation is 1. The van der Waals surface area contributed by atoms with Gasteiger partial charge in [0.05, 0.1) is 0 Å². The van der Waals surface area contributed by atoms with E-state index in [4.69, 9.17) is 5.73 Å². The standard InChI is InChI=1S/C15H24N2S/c1-12-11-13(5-8-16)3-4-15(12)17-9-6-14(18-2)7-10-17/h3-4,11,14H,5-10,16H2,1-2H3. The molecular weight excluding hydrogens is 240 g/mol. The molecule has 100 valence electrons. The van der Waals surface area contributed by atoms with Gasteiger partial charge in [0.2, 0.25) is 0 Å². The SMILES string of the molecule is CSC1CCN(c2ccc(CCN)cc2C)CC1. The molecule has 0 aliphatic carbocycles. The summed E-state index contributed by atoms with van der Waals surface area (Å²) in [5.74, 6) is 0. The molecule has 0 saturated carbocycles. The van der Waals surface area contributed by atoms with Gasteiger partial charge in [0.15, 0.2) is 0 Å². The second-order valence-corrected chi connectivity index (χ2v) is 6.22. The number of anilines is 1. The number of hydrogen-bond acceptors (Lipinski definition) is 3. The van der Waals surface area contributed by atoms with Crippen molar-refractivity contribution in [3.8, 4) is 0 Å². The molecule has 1 aliphatic heterocycles. The highest BCUT2D eigenvalue weighted by Crippen LogP contribution is 2.28. The van der Waals surface area contributed by atoms with Gasteiger partial charge in [-0.3, -0.25) is 0 Å². The Morgan fingerprint density at radius 3 is 2.61 bits per heavy atom. The third-order valence-electron chi connectivity index (χ3n) is 3.81. The van der Waals surface area contributed by atoms with Gasteiger partial charge in [-0.1, -0.05) is 12.1 Å². The summed E-state index contributed by atoms with van der Waals surface area (Å²) >= 11 is 2.02. The second kappa shape index (κ2) is 6.48. The fourth-order valence-electron chi connectivity index (χ4n) is 2.73. The van der Waals surface area contributed by atoms with Gasteiger partial charge in [0.25, 0.3) is 0 Å². The molecule has 1 aliphatic rings. The van der Waals surface area contributed by atoms with E-state index in [1.54, 1.807) is 0 Å². The smallest absolute Gasteiger partial charge is 0.0396 e. The Morgan fingerprint density at radius 2 is 2.06 bits per heavy atom. The topological polar surface area (TPSA) is 29.3 Å². The zero-order valence-corrected chi connectivity index (χ0v) is 12.3. The van der Waals surface area contributed by atoms with Crippen LogP contribution in [0.25, 0.3) is 0 Å². The minimum Gasteiger partial charge on any atom is -0.371 e. The molecule has 0 bridgehead atoms. The van der Waals surface area contributed by atoms with Gasteiger partial charge in [-0.25, -0.2) is 0 Å². The summed E-state index contributed by atoms with van der Waals surface area (Å²) in [6.45, 7) is 5.35. The number of benzene rings is 1. The van der Waals surface area contributed by atoms with E-state index in [-0.39, 0.29) is 0 Å². The van der Waals surface area contributed by atoms with Gasteiger partial charge in [0, 0.05) is 24.0 Å². The second-order valence-electron chi connectivity index (χ2n) is 5.08. The molecule has 1 saturated heterocycles. The van der Waals surface area contributed by atoms with E-state index >= 15 is 0 Å². The lowest BCUT2D eigenvalue weighted by Crippen LogP contribution is -2.35. The molecule has 0 spiro atoms. The summed E-state index contributed by atoms with van der Waals surface area (Å²) in [6.07, 6.45) is 5.83. The Hall–Kier alpha value is -0.670. The minimum atomic E-state index is 0.734. The maximum atomic E-state index is 5.61. The molecule has 2 N–H and O–H groups in total. The Labute approximate surface area is 115 Å². The van der Waals surface area contributed by atoms with Gasteiger partial charge >= 0.3 is 0 Å². The van der Waals surface area contributed by atoms with E-state index < -0.39 is 0 Å². The van der Waals surface area contributed by atoms with Crippen molar-refractivity contribution in [3.05, 3.63) is 29.3 Å². The van der Waals surface area contributed by atoms with Crippen LogP contribution in [0.3, 0.4) is 0 Å². The predicted octanol–water partition coefficient (Wildman–Crippen LogP) is 2.83. The Balaban J connectivity index is 2.05. The molecule has 0 amide bonds. The van der Waals surface area contributed by atoms with E-state index in [1.807, 2.05) is 11.8 Å². The van der Waals surface area contributed by atoms with Gasteiger partial charge < -0.3 is 10.6 Å². The van der Waals surface area contributed by atoms with Crippen LogP contribution in [0.4, 0.5) is 5.69 Å². The van der Waals surface area contributed by atoms with E-state index in [2.05, 4.69) is 36.3 Å². The first-order valence-corrected chi connectivity index (χ1v) is 8.10. The van der Waals surface area contributed by atoms with Crippen LogP contribution in [0.15, 0.2) is 18.2 Å². The average molecular weight is 264 g/mol. The van der Waals surface area contributed by atoms with Gasteiger partial charge in [-0.15, -0.1) is 0 Å². The highest BCUT2D eigenvalue weighted by atomic mass is 32.2. The highest BCUT2D eigenvalue weighted by molar-refractivity contribution is 7.99. The molecule has 0 radical (unpaired) electrons. The first-order chi connectivity index (χ1) is 8.74. The molecule has 2 nitrogen and oxygen atoms in total. The molecule has 0 atom stereocenters. The molecule has 1 aromatic carbocycles. The maximum Gasteiger partial charge on any atom is 0.0396 e. The van der Waals surface area contributed by atoms with E-state index in [0.717, 1.165) is 18.2 Å². The molecular formula is C15H24N2S. The summed E-state index contributed by atoms with van der Waals surface area (Å²) in [5, 5.41) is 0.859. The van der Waals surface area contributed by atoms with Crippen LogP contribution >= 0.6 is 11.8 Å². The third-order valence-corrected chi connectivity index (χ3v) is 4.95. The fraction of sp³-hybridized carbons (Fsp3) is 0.600. The molecule has 0 unspecified atom stereocenters. The summed E-state index contributed by atoms with van der Waals surface area (Å²) in [7, 11) is 0. The van der Waals surface area contributed by atoms with E-state index in [9.17, 15) is 0 Å². The lowest BCUT2D eigenvalue weighted by atomic mass is 10.0. The van der Waals surface area contributed by atoms with Crippen molar-refractivity contribution in [1.29, 1.82) is 0 Å². The van der Waals surface area contributed by atoms with Gasteiger partial charge in [-0.05, 0) is 56.2 Å². The van der Waals surface area contributed by atoms with Crippen molar-refractivity contribution in [2.24, 2.45) is 5.73 Å². The van der Waals surface area contributed by atoms with Crippen molar-refractivity contribution >= 4 is 17.4 Å². The first-order valence-electron chi connectivity index (χ1n) is 6.82. The third kappa shape index (κ3) is 3.21. The monoisotopic (exact) mass is 264 g/mol. The lowest BCUT2D eigenvalue weighted by molar-refractivity contribution is 0.591. The minimum absolute atomic E-state index is 0.734. The lowest BCUT2D eigenvalue weighted by Gasteiger charge is -2.34. The van der Waals surface area contributed by atoms with Crippen molar-refractivity contribution < 1.29 is 0 Å². The number of hydrogen-bond donors (Lipinski definition) is 1. The highest BCUT2D eigenvalue weighted by Gasteiger charge is 2.19. The predicted molar refractivity (Wildman–Crippen MR) is 82.7 cm³/mol. The van der Waals surface area contributed by atoms with Crippen LogP contribution in [-0.4, -0.2) is 31.1 Å². The molecule has 1 heterocycles. The molecule has 18 heavy (non-hydrogen) atoms. The number of rotatable bonds is 4. The van der Waals surface area contributed by atoms with Crippen LogP contribution in [0.2, 0.25) is 0 Å². The molecule has 0 aromatic heterocycles. The first kappa shape index (κ1) is 13.8. The van der Waals surface area contributed by atoms with Crippen molar-refractivity contribution in [1.82, 2.24) is 0 Å². The number of nitrogens with two attached hydrogens (primary N) is 1. The van der Waals surface area contributed by atoms with E-state index in [0.29, 0.717) is 0 Å². The molecule has 2 rings (SSSR count). The summed E-state index contributed by atoms with van der Waals surface area (Å²) < 4.78 is 0. The molecule has 1 fully saturated rings. The van der Waals surface area contributed by atoms with Crippen LogP contribution in [0, 0.1) is 6.92 Å². The van der Waals surface area contributed by atoms with Crippen LogP contribution in [0.5, 0.6) is 0 Å². The summed E-state index contributed by atoms with van der Waals surface area (Å²) in [4.78, 5) is 2.54. The largest absolute Gasteiger partial charge is 0.371 e. The van der Waals surface area contributed by atoms with Crippen molar-refractivity contribution in [2.45, 2.75) is 31.4 Å². The van der Waals surface area contributed by atoms with E-state index in [1.165, 1.54) is 42.7 Å². The van der Waals surface area contributed by atoms with Gasteiger partial charge in [0.1, 0.15) is 0 Å². The normalized spacial score (nSPS) is 17.2. The fourth-order valence-corrected chi connectivity index (χ4v) is 3.41. The summed E-state index contributed by atoms with van der Waals surface area (Å²) in [5.41, 5.74) is 9.77. The van der Waals surface area contributed by atoms with Crippen LogP contribution in [0.1, 0.15) is 24.0 Å². The number of piperidine rings is 1. The summed E-state index contributed by atoms with van der Waals surface area (Å²) in [6, 6.07) is 6.80. The maximum absolute atomic E-state index is 5.61. The Bertz CT molecular complexity index is 384. The van der Waals surface area contributed by atoms with Crippen LogP contribution < -0.4 is 10.6 Å². The van der Waals surface area contributed by atoms with Crippen LogP contribution in [-0.2, 0) is 6.42 Å². The van der Waals surface area contributed by atoms with Crippen molar-refractivity contribution in [2.75, 3.05) is 30.8 Å². The molecule has 1 aromatic rings. The molecule has 3 heteroatoms. The quantitative estimate of drug-likeness (QED) is 0.907. The zero-order chi connectivity index (χ0) is 13.0. The van der Waals surface area contributed by atoms with Gasteiger partial charge in [-0.2, -0.15) is 11.8 Å². The number of nitrogens with zero attached hydrogens (tertiary/aromatic N) is 1. The Morgan fingerprint density at radius 1 is 1.33 bits per heavy atom. The van der Waals surface area contributed by atoms with Crippen molar-refractivity contribution in [3.63, 3.8) is 0 Å². The zero-order valence-electron chi connectivity index (χ0n) is 11.5. The number of thioether (sulfide) groups is 1. The average Bonchev–Trinajstić information content (AvgIpc) is 2.40. The Kier molecular flexibility index (Phi) is 4.95.